The van der Waals surface area contributed by atoms with Crippen LogP contribution in [0.5, 0.6) is 28.9 Å². The van der Waals surface area contributed by atoms with Gasteiger partial charge in [0.1, 0.15) is 42.8 Å². The average Bonchev–Trinajstić information content (AvgIpc) is 0.737. The highest BCUT2D eigenvalue weighted by Gasteiger charge is 2.43. The van der Waals surface area contributed by atoms with Crippen molar-refractivity contribution in [3.63, 3.8) is 0 Å². The normalized spacial score (nSPS) is 15.1. The number of thioether (sulfide) groups is 5. The second kappa shape index (κ2) is 50.8. The molecule has 0 amide bonds. The minimum absolute atomic E-state index is 0.0298. The van der Waals surface area contributed by atoms with Gasteiger partial charge in [-0.1, -0.05) is 242 Å². The zero-order valence-electron chi connectivity index (χ0n) is 86.8. The van der Waals surface area contributed by atoms with Gasteiger partial charge in [-0.15, -0.1) is 26.3 Å². The van der Waals surface area contributed by atoms with Gasteiger partial charge in [0.05, 0.1) is 68.6 Å². The summed E-state index contributed by atoms with van der Waals surface area (Å²) in [6.07, 6.45) is 11.6. The molecule has 10 aromatic rings. The number of aliphatic hydroxyl groups is 1. The molecule has 1 saturated heterocycles. The highest BCUT2D eigenvalue weighted by molar-refractivity contribution is 8.00. The maximum absolute atomic E-state index is 13.5. The summed E-state index contributed by atoms with van der Waals surface area (Å²) in [7, 11) is 5.04. The third-order valence-corrected chi connectivity index (χ3v) is 30.4. The topological polar surface area (TPSA) is 266 Å². The molecule has 1 N–H and O–H groups in total. The Balaban J connectivity index is 0.000000159. The van der Waals surface area contributed by atoms with E-state index >= 15 is 0 Å². The molecule has 5 aromatic carbocycles. The van der Waals surface area contributed by atoms with E-state index < -0.39 is 0 Å². The van der Waals surface area contributed by atoms with Crippen LogP contribution >= 0.6 is 58.8 Å². The fraction of sp³-hybridized carbons (Fsp3) is 0.482. The molecule has 6 heterocycles. The molecule has 0 bridgehead atoms. The molecule has 0 saturated carbocycles. The van der Waals surface area contributed by atoms with Gasteiger partial charge in [0, 0.05) is 179 Å². The number of likely N-dealkylation sites (N-methyl/N-ethyl adjacent to an activating group) is 1. The van der Waals surface area contributed by atoms with E-state index in [0.29, 0.717) is 83.3 Å². The van der Waals surface area contributed by atoms with Crippen LogP contribution in [0.15, 0.2) is 193 Å². The molecular weight excluding hydrogens is 1880 g/mol. The third kappa shape index (κ3) is 25.6. The fourth-order valence-electron chi connectivity index (χ4n) is 19.5. The van der Waals surface area contributed by atoms with Crippen LogP contribution in [0.1, 0.15) is 173 Å². The molecule has 0 radical (unpaired) electrons. The SMILES string of the molecule is C=CCn1c(SCC)nc2c(c1=O)C(C)(C)Cc1c(OC)cccc1-2.C=CCn1c(SCC)nc2c(c1=O)C(C)(C)Cc1c(OCCOC)cccc1-2.C=CCn1c(SCC)nc2c(c1=O)C(C)(C)Cc1cc(OCCN(CC)CC)ccc1-2.C=CCn1c(SCC)nc2c(c1=O)C(C)(C)Cc1cc(OCCN3CCOCC3)ccc1-2.COCCSc1nc(OCCCO)c2c(n1)-c1ccccc1CC2(C)C. The summed E-state index contributed by atoms with van der Waals surface area (Å²) in [4.78, 5) is 87.9. The molecule has 0 unspecified atom stereocenters. The Bertz CT molecular complexity index is 6370. The summed E-state index contributed by atoms with van der Waals surface area (Å²) in [6, 6.07) is 32.8. The van der Waals surface area contributed by atoms with E-state index in [-0.39, 0.29) is 55.9 Å². The standard InChI is InChI=1S/C25H33N3O3S.C25H35N3O2S.C22H28N2O3S.C20H26N2O3S.C20H24N2O2S/c1-5-9-28-23(29)21-22(26-24(28)32-6-2)20-8-7-19(16-18(20)17-25(21,3)4)31-15-12-27-10-13-30-14-11-27;1-7-13-28-23(29)21-22(26-24(28)31-10-4)20-12-11-19(16-18(20)17-25(21,5)6)30-15-14-27(8-2)9-3;1-6-11-24-20(25)18-19(23-21(24)28-7-2)15-9-8-10-17(27-13-12-26-5)16(15)14-22(18,3)4;1-20(2)13-14-7-4-5-8-15(14)17-16(20)18(25-10-6-9-23)22-19(21-17)26-12-11-24-3;1-6-11-22-18(23)16-17(21-19(22)25-7-2)13-9-8-10-15(24-5)14(13)12-20(16,3)4/h5,7-8,16H,1,6,9-15,17H2,2-4H3;7,11-12,16H,1,8-10,13-15,17H2,2-6H3;6,8-10H,1,7,11-14H2,2-5H3;4-5,7-8,23H,6,9-13H2,1-3H3;6,8-10H,1,7,11-12H2,2-5H3. The van der Waals surface area contributed by atoms with E-state index in [2.05, 4.69) is 189 Å². The molecular formula is C112H146N12O13S5. The van der Waals surface area contributed by atoms with Gasteiger partial charge in [-0.25, -0.2) is 24.9 Å². The van der Waals surface area contributed by atoms with Crippen LogP contribution < -0.4 is 45.9 Å². The minimum atomic E-state index is -0.342. The molecule has 0 spiro atoms. The number of rotatable bonds is 39. The third-order valence-electron chi connectivity index (χ3n) is 26.1. The molecule has 0 atom stereocenters. The zero-order chi connectivity index (χ0) is 102. The Labute approximate surface area is 860 Å². The lowest BCUT2D eigenvalue weighted by Crippen LogP contribution is -2.38. The first-order valence-electron chi connectivity index (χ1n) is 49.6. The number of benzene rings is 5. The monoisotopic (exact) mass is 2030 g/mol. The van der Waals surface area contributed by atoms with Crippen molar-refractivity contribution in [2.75, 3.05) is 149 Å². The maximum Gasteiger partial charge on any atom is 0.258 e. The van der Waals surface area contributed by atoms with E-state index in [1.165, 1.54) is 16.7 Å². The number of nitrogens with zero attached hydrogens (tertiary/aromatic N) is 12. The number of aliphatic hydroxyl groups excluding tert-OH is 1. The molecule has 25 nitrogen and oxygen atoms in total. The van der Waals surface area contributed by atoms with E-state index in [4.69, 9.17) is 72.9 Å². The van der Waals surface area contributed by atoms with Gasteiger partial charge in [0.15, 0.2) is 25.8 Å². The van der Waals surface area contributed by atoms with E-state index in [9.17, 15) is 19.2 Å². The van der Waals surface area contributed by atoms with Gasteiger partial charge in [-0.3, -0.25) is 42.3 Å². The molecule has 5 aromatic heterocycles. The molecule has 142 heavy (non-hydrogen) atoms. The summed E-state index contributed by atoms with van der Waals surface area (Å²) >= 11 is 7.93. The number of ether oxygens (including phenoxy) is 8. The number of fused-ring (bicyclic) bond motifs is 15. The van der Waals surface area contributed by atoms with Gasteiger partial charge in [-0.2, -0.15) is 4.98 Å². The van der Waals surface area contributed by atoms with Crippen LogP contribution in [0, 0.1) is 0 Å². The van der Waals surface area contributed by atoms with Crippen molar-refractivity contribution in [1.29, 1.82) is 0 Å². The van der Waals surface area contributed by atoms with Crippen molar-refractivity contribution in [1.82, 2.24) is 58.0 Å². The Hall–Kier alpha value is -9.83. The molecule has 30 heteroatoms. The second-order valence-electron chi connectivity index (χ2n) is 38.7. The number of aromatic nitrogens is 10. The van der Waals surface area contributed by atoms with Crippen molar-refractivity contribution in [2.24, 2.45) is 0 Å². The number of methoxy groups -OCH3 is 3. The van der Waals surface area contributed by atoms with Gasteiger partial charge in [0.25, 0.3) is 22.2 Å². The van der Waals surface area contributed by atoms with Gasteiger partial charge in [-0.05, 0) is 133 Å². The first-order chi connectivity index (χ1) is 68.2. The van der Waals surface area contributed by atoms with Gasteiger partial charge >= 0.3 is 0 Å². The number of morpholine rings is 1. The fourth-order valence-corrected chi connectivity index (χ4v) is 23.2. The highest BCUT2D eigenvalue weighted by Crippen LogP contribution is 2.51. The Morgan fingerprint density at radius 3 is 1.25 bits per heavy atom. The molecule has 5 aliphatic carbocycles. The summed E-state index contributed by atoms with van der Waals surface area (Å²) in [5, 5.41) is 12.8. The van der Waals surface area contributed by atoms with Crippen molar-refractivity contribution in [3.05, 3.63) is 245 Å². The smallest absolute Gasteiger partial charge is 0.258 e. The summed E-state index contributed by atoms with van der Waals surface area (Å²) in [5.74, 6) is 8.31. The molecule has 6 aliphatic rings. The molecule has 1 fully saturated rings. The average molecular weight is 2030 g/mol. The summed E-state index contributed by atoms with van der Waals surface area (Å²) < 4.78 is 52.3. The van der Waals surface area contributed by atoms with Crippen LogP contribution in [0.3, 0.4) is 0 Å². The van der Waals surface area contributed by atoms with Gasteiger partial charge in [0.2, 0.25) is 5.88 Å². The number of allylic oxidation sites excluding steroid dienone is 4. The minimum Gasteiger partial charge on any atom is -0.496 e. The van der Waals surface area contributed by atoms with Gasteiger partial charge < -0.3 is 47.9 Å². The first-order valence-corrected chi connectivity index (χ1v) is 54.5. The zero-order valence-corrected chi connectivity index (χ0v) is 90.9. The van der Waals surface area contributed by atoms with Crippen LogP contribution in [0.25, 0.3) is 56.3 Å². The van der Waals surface area contributed by atoms with Crippen molar-refractivity contribution in [3.8, 4) is 85.2 Å². The first kappa shape index (κ1) is 111. The van der Waals surface area contributed by atoms with E-state index in [0.717, 1.165) is 252 Å². The lowest BCUT2D eigenvalue weighted by atomic mass is 9.72. The molecule has 16 rings (SSSR count). The predicted molar refractivity (Wildman–Crippen MR) is 583 cm³/mol. The molecule has 1 aliphatic heterocycles. The quantitative estimate of drug-likeness (QED) is 0.0162. The number of hydrogen-bond acceptors (Lipinski definition) is 26. The van der Waals surface area contributed by atoms with Crippen LogP contribution in [0.2, 0.25) is 0 Å². The summed E-state index contributed by atoms with van der Waals surface area (Å²) in [5.41, 5.74) is 18.4. The van der Waals surface area contributed by atoms with Crippen molar-refractivity contribution in [2.45, 2.75) is 228 Å². The molecule has 762 valence electrons. The Morgan fingerprint density at radius 1 is 0.415 bits per heavy atom. The van der Waals surface area contributed by atoms with E-state index in [1.807, 2.05) is 54.6 Å². The maximum atomic E-state index is 13.5. The highest BCUT2D eigenvalue weighted by atomic mass is 32.2. The second-order valence-corrected chi connectivity index (χ2v) is 44.7. The van der Waals surface area contributed by atoms with Crippen LogP contribution in [0.4, 0.5) is 0 Å². The largest absolute Gasteiger partial charge is 0.496 e. The van der Waals surface area contributed by atoms with Crippen molar-refractivity contribution >= 4 is 58.8 Å². The Morgan fingerprint density at radius 2 is 0.817 bits per heavy atom. The predicted octanol–water partition coefficient (Wildman–Crippen LogP) is 20.1. The number of hydrogen-bond donors (Lipinski definition) is 1. The van der Waals surface area contributed by atoms with Crippen molar-refractivity contribution < 1.29 is 43.0 Å². The van der Waals surface area contributed by atoms with Crippen LogP contribution in [-0.2, 0) is 99.6 Å². The lowest BCUT2D eigenvalue weighted by molar-refractivity contribution is 0.0322. The summed E-state index contributed by atoms with van der Waals surface area (Å²) in [6.45, 7) is 62.1. The Kier molecular flexibility index (Phi) is 39.7. The van der Waals surface area contributed by atoms with Crippen LogP contribution in [-0.4, -0.2) is 212 Å². The lowest BCUT2D eigenvalue weighted by Gasteiger charge is -2.34. The van der Waals surface area contributed by atoms with E-state index in [1.54, 1.807) is 123 Å².